The number of hydrogen-bond acceptors (Lipinski definition) is 3. The van der Waals surface area contributed by atoms with Gasteiger partial charge in [0.05, 0.1) is 0 Å². The molecule has 2 nitrogen and oxygen atoms in total. The smallest absolute Gasteiger partial charge is 0.107 e. The minimum Gasteiger partial charge on any atom is -0.389 e. The maximum Gasteiger partial charge on any atom is 0.107 e. The van der Waals surface area contributed by atoms with Crippen LogP contribution >= 0.6 is 24.0 Å². The van der Waals surface area contributed by atoms with Crippen molar-refractivity contribution < 1.29 is 0 Å². The third-order valence-corrected chi connectivity index (χ3v) is 4.37. The summed E-state index contributed by atoms with van der Waals surface area (Å²) in [6.07, 6.45) is 0. The largest absolute Gasteiger partial charge is 0.389 e. The van der Waals surface area contributed by atoms with E-state index >= 15 is 0 Å². The maximum absolute atomic E-state index is 5.94. The SMILES string of the molecule is CCSc1cccc(Nc2ccc(C)cc2C)c1C(N)=S. The number of thioether (sulfide) groups is 1. The van der Waals surface area contributed by atoms with Gasteiger partial charge in [-0.1, -0.05) is 42.9 Å². The molecule has 3 N–H and O–H groups in total. The van der Waals surface area contributed by atoms with Crippen LogP contribution in [0.1, 0.15) is 23.6 Å². The second kappa shape index (κ2) is 6.96. The van der Waals surface area contributed by atoms with E-state index in [1.165, 1.54) is 11.1 Å². The highest BCUT2D eigenvalue weighted by Crippen LogP contribution is 2.31. The Hall–Kier alpha value is -1.52. The van der Waals surface area contributed by atoms with Crippen molar-refractivity contribution in [2.24, 2.45) is 5.73 Å². The lowest BCUT2D eigenvalue weighted by Crippen LogP contribution is -2.13. The monoisotopic (exact) mass is 316 g/mol. The Bertz CT molecular complexity index is 666. The fourth-order valence-corrected chi connectivity index (χ4v) is 3.40. The van der Waals surface area contributed by atoms with E-state index in [4.69, 9.17) is 18.0 Å². The summed E-state index contributed by atoms with van der Waals surface area (Å²) in [5, 5.41) is 3.47. The summed E-state index contributed by atoms with van der Waals surface area (Å²) in [6.45, 7) is 6.31. The van der Waals surface area contributed by atoms with Gasteiger partial charge in [0, 0.05) is 21.8 Å². The Morgan fingerprint density at radius 3 is 2.57 bits per heavy atom. The zero-order valence-corrected chi connectivity index (χ0v) is 14.2. The maximum atomic E-state index is 5.94. The summed E-state index contributed by atoms with van der Waals surface area (Å²) in [6, 6.07) is 12.5. The first-order valence-corrected chi connectivity index (χ1v) is 8.32. The van der Waals surface area contributed by atoms with E-state index in [0.717, 1.165) is 27.6 Å². The molecule has 110 valence electrons. The van der Waals surface area contributed by atoms with Gasteiger partial charge in [-0.05, 0) is 43.4 Å². The van der Waals surface area contributed by atoms with Gasteiger partial charge < -0.3 is 11.1 Å². The Morgan fingerprint density at radius 2 is 1.95 bits per heavy atom. The number of hydrogen-bond donors (Lipinski definition) is 2. The third-order valence-electron chi connectivity index (χ3n) is 3.22. The van der Waals surface area contributed by atoms with Gasteiger partial charge in [0.2, 0.25) is 0 Å². The lowest BCUT2D eigenvalue weighted by atomic mass is 10.1. The molecule has 0 aliphatic rings. The minimum absolute atomic E-state index is 0.429. The lowest BCUT2D eigenvalue weighted by Gasteiger charge is -2.16. The van der Waals surface area contributed by atoms with Crippen LogP contribution in [0, 0.1) is 13.8 Å². The van der Waals surface area contributed by atoms with Crippen LogP contribution in [0.5, 0.6) is 0 Å². The number of anilines is 2. The van der Waals surface area contributed by atoms with Crippen molar-refractivity contribution in [3.63, 3.8) is 0 Å². The molecule has 0 aliphatic carbocycles. The Labute approximate surface area is 136 Å². The fraction of sp³-hybridized carbons (Fsp3) is 0.235. The summed E-state index contributed by atoms with van der Waals surface area (Å²) >= 11 is 7.00. The second-order valence-corrected chi connectivity index (χ2v) is 6.67. The first kappa shape index (κ1) is 15.9. The molecule has 0 unspecified atom stereocenters. The second-order valence-electron chi connectivity index (χ2n) is 4.92. The molecule has 0 amide bonds. The van der Waals surface area contributed by atoms with E-state index in [0.29, 0.717) is 4.99 Å². The van der Waals surface area contributed by atoms with Gasteiger partial charge in [0.1, 0.15) is 4.99 Å². The first-order chi connectivity index (χ1) is 10.0. The molecule has 0 saturated heterocycles. The number of benzene rings is 2. The third kappa shape index (κ3) is 3.77. The van der Waals surface area contributed by atoms with Crippen LogP contribution in [0.4, 0.5) is 11.4 Å². The van der Waals surface area contributed by atoms with E-state index in [9.17, 15) is 0 Å². The predicted octanol–water partition coefficient (Wildman–Crippen LogP) is 4.79. The van der Waals surface area contributed by atoms with Crippen LogP contribution in [0.2, 0.25) is 0 Å². The molecule has 0 spiro atoms. The van der Waals surface area contributed by atoms with Crippen molar-refractivity contribution in [1.29, 1.82) is 0 Å². The number of nitrogens with two attached hydrogens (primary N) is 1. The molecule has 0 aliphatic heterocycles. The Balaban J connectivity index is 2.43. The van der Waals surface area contributed by atoms with Gasteiger partial charge >= 0.3 is 0 Å². The highest BCUT2D eigenvalue weighted by Gasteiger charge is 2.12. The van der Waals surface area contributed by atoms with Crippen molar-refractivity contribution in [1.82, 2.24) is 0 Å². The quantitative estimate of drug-likeness (QED) is 0.614. The first-order valence-electron chi connectivity index (χ1n) is 6.92. The fourth-order valence-electron chi connectivity index (χ4n) is 2.26. The Morgan fingerprint density at radius 1 is 1.19 bits per heavy atom. The minimum atomic E-state index is 0.429. The van der Waals surface area contributed by atoms with Crippen molar-refractivity contribution in [2.75, 3.05) is 11.1 Å². The average molecular weight is 316 g/mol. The lowest BCUT2D eigenvalue weighted by molar-refractivity contribution is 1.34. The molecule has 2 rings (SSSR count). The summed E-state index contributed by atoms with van der Waals surface area (Å²) in [5.74, 6) is 0.989. The van der Waals surface area contributed by atoms with Crippen LogP contribution in [0.3, 0.4) is 0 Å². The van der Waals surface area contributed by atoms with E-state index in [-0.39, 0.29) is 0 Å². The predicted molar refractivity (Wildman–Crippen MR) is 97.9 cm³/mol. The molecule has 2 aromatic carbocycles. The molecule has 21 heavy (non-hydrogen) atoms. The number of rotatable bonds is 5. The molecule has 0 fully saturated rings. The number of nitrogens with one attached hydrogen (secondary N) is 1. The molecule has 4 heteroatoms. The van der Waals surface area contributed by atoms with Gasteiger partial charge in [-0.3, -0.25) is 0 Å². The van der Waals surface area contributed by atoms with Crippen molar-refractivity contribution >= 4 is 40.3 Å². The summed E-state index contributed by atoms with van der Waals surface area (Å²) in [5.41, 5.74) is 11.4. The number of thiocarbonyl (C=S) groups is 1. The normalized spacial score (nSPS) is 10.4. The van der Waals surface area contributed by atoms with Crippen LogP contribution in [-0.4, -0.2) is 10.7 Å². The van der Waals surface area contributed by atoms with Gasteiger partial charge in [-0.25, -0.2) is 0 Å². The van der Waals surface area contributed by atoms with Crippen molar-refractivity contribution in [3.05, 3.63) is 53.1 Å². The van der Waals surface area contributed by atoms with Gasteiger partial charge in [-0.15, -0.1) is 11.8 Å². The highest BCUT2D eigenvalue weighted by molar-refractivity contribution is 7.99. The standard InChI is InChI=1S/C17H20N2S2/c1-4-21-15-7-5-6-14(16(15)17(18)20)19-13-9-8-11(2)10-12(13)3/h5-10,19H,4H2,1-3H3,(H2,18,20). The average Bonchev–Trinajstić information content (AvgIpc) is 2.42. The zero-order chi connectivity index (χ0) is 15.4. The molecule has 0 atom stereocenters. The molecular weight excluding hydrogens is 296 g/mol. The molecule has 0 aromatic heterocycles. The van der Waals surface area contributed by atoms with Crippen molar-refractivity contribution in [2.45, 2.75) is 25.7 Å². The Kier molecular flexibility index (Phi) is 5.26. The molecule has 0 heterocycles. The summed E-state index contributed by atoms with van der Waals surface area (Å²) < 4.78 is 0. The molecule has 0 saturated carbocycles. The van der Waals surface area contributed by atoms with Gasteiger partial charge in [0.15, 0.2) is 0 Å². The number of aryl methyl sites for hydroxylation is 2. The van der Waals surface area contributed by atoms with E-state index in [2.05, 4.69) is 50.4 Å². The summed E-state index contributed by atoms with van der Waals surface area (Å²) in [4.78, 5) is 1.55. The van der Waals surface area contributed by atoms with Crippen LogP contribution in [-0.2, 0) is 0 Å². The zero-order valence-electron chi connectivity index (χ0n) is 12.6. The van der Waals surface area contributed by atoms with E-state index < -0.39 is 0 Å². The van der Waals surface area contributed by atoms with Gasteiger partial charge in [0.25, 0.3) is 0 Å². The molecular formula is C17H20N2S2. The molecule has 0 radical (unpaired) electrons. The van der Waals surface area contributed by atoms with Gasteiger partial charge in [-0.2, -0.15) is 0 Å². The van der Waals surface area contributed by atoms with Crippen LogP contribution in [0.15, 0.2) is 41.3 Å². The van der Waals surface area contributed by atoms with Crippen LogP contribution in [0.25, 0.3) is 0 Å². The van der Waals surface area contributed by atoms with Crippen LogP contribution < -0.4 is 11.1 Å². The van der Waals surface area contributed by atoms with E-state index in [1.807, 2.05) is 12.1 Å². The molecule has 2 aromatic rings. The topological polar surface area (TPSA) is 38.0 Å². The highest BCUT2D eigenvalue weighted by atomic mass is 32.2. The molecule has 0 bridgehead atoms. The summed E-state index contributed by atoms with van der Waals surface area (Å²) in [7, 11) is 0. The van der Waals surface area contributed by atoms with E-state index in [1.54, 1.807) is 11.8 Å². The van der Waals surface area contributed by atoms with Crippen molar-refractivity contribution in [3.8, 4) is 0 Å².